The summed E-state index contributed by atoms with van der Waals surface area (Å²) in [6, 6.07) is 0. The molecule has 1 amide bonds. The van der Waals surface area contributed by atoms with Crippen LogP contribution in [0.25, 0.3) is 0 Å². The van der Waals surface area contributed by atoms with E-state index in [9.17, 15) is 9.59 Å². The molecule has 0 saturated heterocycles. The fraction of sp³-hybridized carbons (Fsp3) is 0.900. The Morgan fingerprint density at radius 1 is 0.840 bits per heavy atom. The Morgan fingerprint density at radius 2 is 1.40 bits per heavy atom. The van der Waals surface area contributed by atoms with Gasteiger partial charge in [-0.1, -0.05) is 72.6 Å². The number of hydrogen-bond donors (Lipinski definition) is 0. The van der Waals surface area contributed by atoms with E-state index >= 15 is 0 Å². The molecular weight excluding hydrogens is 318 g/mol. The topological polar surface area (TPSA) is 55.8 Å². The van der Waals surface area contributed by atoms with Crippen LogP contribution in [0.15, 0.2) is 0 Å². The summed E-state index contributed by atoms with van der Waals surface area (Å²) < 4.78 is 10.5. The van der Waals surface area contributed by atoms with E-state index in [-0.39, 0.29) is 17.9 Å². The van der Waals surface area contributed by atoms with Gasteiger partial charge in [-0.25, -0.2) is 4.79 Å². The SMILES string of the molecule is CCCCCCCCCCOC(=O)CN(CC)C(=O)OCC(C)(C)C. The van der Waals surface area contributed by atoms with Crippen LogP contribution in [0.3, 0.4) is 0 Å². The van der Waals surface area contributed by atoms with Crippen LogP contribution in [-0.2, 0) is 14.3 Å². The molecule has 0 atom stereocenters. The lowest BCUT2D eigenvalue weighted by Crippen LogP contribution is -2.38. The molecule has 0 N–H and O–H groups in total. The highest BCUT2D eigenvalue weighted by molar-refractivity contribution is 5.78. The molecule has 0 aliphatic heterocycles. The van der Waals surface area contributed by atoms with Crippen molar-refractivity contribution in [2.75, 3.05) is 26.3 Å². The molecule has 0 aromatic carbocycles. The first-order valence-corrected chi connectivity index (χ1v) is 9.87. The fourth-order valence-corrected chi connectivity index (χ4v) is 2.30. The van der Waals surface area contributed by atoms with Gasteiger partial charge in [-0.05, 0) is 18.8 Å². The number of amides is 1. The Hall–Kier alpha value is -1.26. The molecule has 0 unspecified atom stereocenters. The average Bonchev–Trinajstić information content (AvgIpc) is 2.55. The van der Waals surface area contributed by atoms with Crippen molar-refractivity contribution in [2.45, 2.75) is 86.0 Å². The van der Waals surface area contributed by atoms with Crippen molar-refractivity contribution in [1.29, 1.82) is 0 Å². The highest BCUT2D eigenvalue weighted by Gasteiger charge is 2.20. The van der Waals surface area contributed by atoms with E-state index in [1.165, 1.54) is 43.4 Å². The normalized spacial score (nSPS) is 11.2. The quantitative estimate of drug-likeness (QED) is 0.337. The van der Waals surface area contributed by atoms with Gasteiger partial charge in [0, 0.05) is 6.54 Å². The second-order valence-corrected chi connectivity index (χ2v) is 7.82. The van der Waals surface area contributed by atoms with Crippen molar-refractivity contribution < 1.29 is 19.1 Å². The fourth-order valence-electron chi connectivity index (χ4n) is 2.30. The van der Waals surface area contributed by atoms with E-state index in [0.717, 1.165) is 12.8 Å². The summed E-state index contributed by atoms with van der Waals surface area (Å²) in [6.07, 6.45) is 9.20. The minimum Gasteiger partial charge on any atom is -0.464 e. The van der Waals surface area contributed by atoms with Gasteiger partial charge in [0.2, 0.25) is 0 Å². The van der Waals surface area contributed by atoms with E-state index in [4.69, 9.17) is 9.47 Å². The number of carbonyl (C=O) groups is 2. The molecule has 5 nitrogen and oxygen atoms in total. The number of rotatable bonds is 13. The second kappa shape index (κ2) is 14.0. The minimum absolute atomic E-state index is 0.0451. The molecule has 0 heterocycles. The lowest BCUT2D eigenvalue weighted by molar-refractivity contribution is -0.144. The second-order valence-electron chi connectivity index (χ2n) is 7.82. The van der Waals surface area contributed by atoms with Crippen LogP contribution in [-0.4, -0.2) is 43.3 Å². The van der Waals surface area contributed by atoms with Crippen LogP contribution >= 0.6 is 0 Å². The van der Waals surface area contributed by atoms with E-state index in [0.29, 0.717) is 19.8 Å². The number of nitrogens with zero attached hydrogens (tertiary/aromatic N) is 1. The van der Waals surface area contributed by atoms with Gasteiger partial charge in [0.15, 0.2) is 0 Å². The number of unbranched alkanes of at least 4 members (excludes halogenated alkanes) is 7. The van der Waals surface area contributed by atoms with Crippen molar-refractivity contribution in [1.82, 2.24) is 4.90 Å². The van der Waals surface area contributed by atoms with Gasteiger partial charge in [0.25, 0.3) is 0 Å². The maximum atomic E-state index is 12.0. The standard InChI is InChI=1S/C20H39NO4/c1-6-8-9-10-11-12-13-14-15-24-18(22)16-21(7-2)19(23)25-17-20(3,4)5/h6-17H2,1-5H3. The number of ether oxygens (including phenoxy) is 2. The van der Waals surface area contributed by atoms with Crippen LogP contribution in [0.1, 0.15) is 86.0 Å². The van der Waals surface area contributed by atoms with Crippen LogP contribution in [0, 0.1) is 5.41 Å². The molecule has 0 rings (SSSR count). The minimum atomic E-state index is -0.457. The Kier molecular flexibility index (Phi) is 13.3. The predicted molar refractivity (Wildman–Crippen MR) is 102 cm³/mol. The Morgan fingerprint density at radius 3 is 1.92 bits per heavy atom. The Labute approximate surface area is 154 Å². The average molecular weight is 358 g/mol. The molecule has 148 valence electrons. The molecule has 0 aromatic heterocycles. The highest BCUT2D eigenvalue weighted by atomic mass is 16.6. The molecule has 0 aliphatic carbocycles. The molecule has 0 aromatic rings. The van der Waals surface area contributed by atoms with Crippen LogP contribution < -0.4 is 0 Å². The lowest BCUT2D eigenvalue weighted by Gasteiger charge is -2.23. The lowest BCUT2D eigenvalue weighted by atomic mass is 9.99. The van der Waals surface area contributed by atoms with Crippen molar-refractivity contribution in [3.8, 4) is 0 Å². The molecule has 0 aliphatic rings. The van der Waals surface area contributed by atoms with Gasteiger partial charge in [-0.15, -0.1) is 0 Å². The Bertz CT molecular complexity index is 363. The van der Waals surface area contributed by atoms with Crippen LogP contribution in [0.2, 0.25) is 0 Å². The summed E-state index contributed by atoms with van der Waals surface area (Å²) in [5.74, 6) is -0.363. The van der Waals surface area contributed by atoms with E-state index in [2.05, 4.69) is 6.92 Å². The van der Waals surface area contributed by atoms with Crippen molar-refractivity contribution in [3.05, 3.63) is 0 Å². The van der Waals surface area contributed by atoms with E-state index in [1.54, 1.807) is 0 Å². The van der Waals surface area contributed by atoms with Gasteiger partial charge in [0.1, 0.15) is 6.54 Å². The smallest absolute Gasteiger partial charge is 0.410 e. The number of esters is 1. The summed E-state index contributed by atoms with van der Waals surface area (Å²) in [5.41, 5.74) is -0.0912. The first-order valence-electron chi connectivity index (χ1n) is 9.87. The largest absolute Gasteiger partial charge is 0.464 e. The van der Waals surface area contributed by atoms with Gasteiger partial charge in [0.05, 0.1) is 13.2 Å². The van der Waals surface area contributed by atoms with Gasteiger partial charge >= 0.3 is 12.1 Å². The Balaban J connectivity index is 3.79. The molecule has 0 radical (unpaired) electrons. The zero-order chi connectivity index (χ0) is 19.1. The third-order valence-electron chi connectivity index (χ3n) is 3.85. The summed E-state index contributed by atoms with van der Waals surface area (Å²) >= 11 is 0. The van der Waals surface area contributed by atoms with Crippen molar-refractivity contribution in [2.24, 2.45) is 5.41 Å². The molecule has 0 spiro atoms. The summed E-state index contributed by atoms with van der Waals surface area (Å²) in [7, 11) is 0. The molecule has 0 fully saturated rings. The van der Waals surface area contributed by atoms with E-state index in [1.807, 2.05) is 27.7 Å². The first kappa shape index (κ1) is 23.7. The zero-order valence-corrected chi connectivity index (χ0v) is 17.1. The van der Waals surface area contributed by atoms with Crippen molar-refractivity contribution in [3.63, 3.8) is 0 Å². The highest BCUT2D eigenvalue weighted by Crippen LogP contribution is 2.13. The van der Waals surface area contributed by atoms with Crippen LogP contribution in [0.4, 0.5) is 4.79 Å². The van der Waals surface area contributed by atoms with Gasteiger partial charge in [-0.3, -0.25) is 9.69 Å². The molecular formula is C20H39NO4. The van der Waals surface area contributed by atoms with Crippen molar-refractivity contribution >= 4 is 12.1 Å². The third-order valence-corrected chi connectivity index (χ3v) is 3.85. The number of likely N-dealkylation sites (N-methyl/N-ethyl adjacent to an activating group) is 1. The van der Waals surface area contributed by atoms with Gasteiger partial charge in [-0.2, -0.15) is 0 Å². The molecule has 0 saturated carbocycles. The summed E-state index contributed by atoms with van der Waals surface area (Å²) in [6.45, 7) is 11.2. The third kappa shape index (κ3) is 14.8. The zero-order valence-electron chi connectivity index (χ0n) is 17.1. The molecule has 0 bridgehead atoms. The maximum absolute atomic E-state index is 12.0. The van der Waals surface area contributed by atoms with E-state index < -0.39 is 6.09 Å². The molecule has 5 heteroatoms. The van der Waals surface area contributed by atoms with Crippen LogP contribution in [0.5, 0.6) is 0 Å². The maximum Gasteiger partial charge on any atom is 0.410 e. The monoisotopic (exact) mass is 357 g/mol. The first-order chi connectivity index (χ1) is 11.8. The molecule has 25 heavy (non-hydrogen) atoms. The number of carbonyl (C=O) groups excluding carboxylic acids is 2. The predicted octanol–water partition coefficient (Wildman–Crippen LogP) is 5.17. The number of hydrogen-bond acceptors (Lipinski definition) is 4. The summed E-state index contributed by atoms with van der Waals surface area (Å²) in [5, 5.41) is 0. The van der Waals surface area contributed by atoms with Gasteiger partial charge < -0.3 is 9.47 Å². The summed E-state index contributed by atoms with van der Waals surface area (Å²) in [4.78, 5) is 25.2.